The summed E-state index contributed by atoms with van der Waals surface area (Å²) in [7, 11) is -3.94. The van der Waals surface area contributed by atoms with E-state index in [1.165, 1.54) is 23.5 Å². The number of carboxylic acids is 2. The van der Waals surface area contributed by atoms with E-state index in [0.717, 1.165) is 72.9 Å². The van der Waals surface area contributed by atoms with E-state index in [0.29, 0.717) is 41.8 Å². The van der Waals surface area contributed by atoms with E-state index in [1.54, 1.807) is 28.6 Å². The zero-order valence-corrected chi connectivity index (χ0v) is 31.6. The Labute approximate surface area is 319 Å². The maximum atomic E-state index is 14.1. The third-order valence-electron chi connectivity index (χ3n) is 11.0. The fraction of sp³-hybridized carbons (Fsp3) is 0.381. The lowest BCUT2D eigenvalue weighted by Gasteiger charge is -2.35. The number of carbonyl (C=O) groups is 4. The third kappa shape index (κ3) is 8.35. The number of aryl methyl sites for hydroxylation is 3. The highest BCUT2D eigenvalue weighted by molar-refractivity contribution is 7.89. The monoisotopic (exact) mass is 768 g/mol. The number of ketones is 1. The normalized spacial score (nSPS) is 18.5. The number of hydrogen-bond donors (Lipinski definition) is 3. The highest BCUT2D eigenvalue weighted by atomic mass is 32.2. The van der Waals surface area contributed by atoms with Crippen molar-refractivity contribution in [2.75, 3.05) is 5.32 Å². The van der Waals surface area contributed by atoms with Gasteiger partial charge in [-0.25, -0.2) is 13.2 Å². The second-order valence-corrected chi connectivity index (χ2v) is 17.7. The van der Waals surface area contributed by atoms with E-state index in [2.05, 4.69) is 5.32 Å². The number of anilines is 1. The number of Topliss-reactive ketones (excluding diaryl/α,β-unsaturated/α-hetero) is 1. The van der Waals surface area contributed by atoms with Crippen LogP contribution in [0.5, 0.6) is 0 Å². The van der Waals surface area contributed by atoms with Gasteiger partial charge < -0.3 is 15.5 Å². The Morgan fingerprint density at radius 1 is 0.759 bits per heavy atom. The van der Waals surface area contributed by atoms with E-state index in [4.69, 9.17) is 5.11 Å². The number of nitrogens with one attached hydrogen (secondary N) is 1. The van der Waals surface area contributed by atoms with Gasteiger partial charge in [-0.05, 0) is 130 Å². The molecule has 0 spiro atoms. The molecule has 1 amide bonds. The smallest absolute Gasteiger partial charge is 0.335 e. The number of thiophene rings is 1. The molecule has 0 bridgehead atoms. The maximum absolute atomic E-state index is 14.1. The summed E-state index contributed by atoms with van der Waals surface area (Å²) in [4.78, 5) is 52.3. The Hall–Kier alpha value is -4.65. The van der Waals surface area contributed by atoms with Crippen LogP contribution in [0.15, 0.2) is 77.7 Å². The molecule has 0 atom stereocenters. The first-order chi connectivity index (χ1) is 26.0. The summed E-state index contributed by atoms with van der Waals surface area (Å²) in [5.41, 5.74) is 4.80. The molecule has 1 heterocycles. The average Bonchev–Trinajstić information content (AvgIpc) is 3.93. The number of aromatic carboxylic acids is 1. The van der Waals surface area contributed by atoms with Crippen molar-refractivity contribution in [3.8, 4) is 0 Å². The molecule has 3 aromatic carbocycles. The number of hydrogen-bond acceptors (Lipinski definition) is 7. The predicted octanol–water partition coefficient (Wildman–Crippen LogP) is 7.58. The van der Waals surface area contributed by atoms with Gasteiger partial charge in [0.15, 0.2) is 5.78 Å². The minimum absolute atomic E-state index is 0.0259. The molecule has 54 heavy (non-hydrogen) atoms. The number of rotatable bonds is 14. The standard InChI is InChI=1S/C42H44N2O8S2/c45-36(30-4-3-5-34(24-30)54(51,52)44(33-22-23-33)32-20-16-29(17-21-32)42(49)50)25-38-39(35-6-1-2-7-37(35)53-38)40(46)43-31-18-12-27(13-19-31)9-8-26-10-14-28(15-11-26)41(47)48/h3-5,10-15,18-19,24,29,32-33H,1-2,6-9,16-17,20-23,25H2,(H,43,46)(H,47,48)(H,49,50). The highest BCUT2D eigenvalue weighted by Crippen LogP contribution is 2.40. The quantitative estimate of drug-likeness (QED) is 0.111. The minimum atomic E-state index is -3.94. The van der Waals surface area contributed by atoms with E-state index in [9.17, 15) is 32.7 Å². The molecule has 3 aliphatic rings. The molecule has 0 unspecified atom stereocenters. The second kappa shape index (κ2) is 16.0. The second-order valence-electron chi connectivity index (χ2n) is 14.7. The Morgan fingerprint density at radius 3 is 1.98 bits per heavy atom. The van der Waals surface area contributed by atoms with E-state index in [1.807, 2.05) is 36.4 Å². The predicted molar refractivity (Wildman–Crippen MR) is 206 cm³/mol. The van der Waals surface area contributed by atoms with Gasteiger partial charge in [0.05, 0.1) is 21.9 Å². The number of benzene rings is 3. The summed E-state index contributed by atoms with van der Waals surface area (Å²) in [5, 5.41) is 21.6. The molecule has 12 heteroatoms. The molecule has 4 aromatic rings. The lowest BCUT2D eigenvalue weighted by Crippen LogP contribution is -2.44. The van der Waals surface area contributed by atoms with Gasteiger partial charge in [-0.15, -0.1) is 11.3 Å². The van der Waals surface area contributed by atoms with E-state index >= 15 is 0 Å². The number of carbonyl (C=O) groups excluding carboxylic acids is 2. The Kier molecular flexibility index (Phi) is 11.1. The van der Waals surface area contributed by atoms with Crippen LogP contribution >= 0.6 is 11.3 Å². The van der Waals surface area contributed by atoms with Gasteiger partial charge in [0.2, 0.25) is 10.0 Å². The molecule has 1 aromatic heterocycles. The number of fused-ring (bicyclic) bond motifs is 1. The first kappa shape index (κ1) is 37.7. The Balaban J connectivity index is 1.05. The van der Waals surface area contributed by atoms with Crippen LogP contribution in [-0.4, -0.2) is 58.6 Å². The van der Waals surface area contributed by atoms with E-state index < -0.39 is 27.9 Å². The number of aliphatic carboxylic acids is 1. The molecule has 2 saturated carbocycles. The summed E-state index contributed by atoms with van der Waals surface area (Å²) in [6.45, 7) is 0. The lowest BCUT2D eigenvalue weighted by molar-refractivity contribution is -0.143. The van der Waals surface area contributed by atoms with Gasteiger partial charge in [-0.1, -0.05) is 36.4 Å². The van der Waals surface area contributed by atoms with Crippen molar-refractivity contribution in [1.82, 2.24) is 4.31 Å². The molecule has 0 aliphatic heterocycles. The van der Waals surface area contributed by atoms with Gasteiger partial charge in [0, 0.05) is 39.5 Å². The number of amides is 1. The Bertz CT molecular complexity index is 2160. The lowest BCUT2D eigenvalue weighted by atomic mass is 9.86. The van der Waals surface area contributed by atoms with Gasteiger partial charge in [0.25, 0.3) is 5.91 Å². The van der Waals surface area contributed by atoms with Gasteiger partial charge in [-0.3, -0.25) is 14.4 Å². The first-order valence-corrected chi connectivity index (χ1v) is 21.0. The van der Waals surface area contributed by atoms with Crippen molar-refractivity contribution in [3.63, 3.8) is 0 Å². The summed E-state index contributed by atoms with van der Waals surface area (Å²) < 4.78 is 29.8. The van der Waals surface area contributed by atoms with Crippen molar-refractivity contribution in [3.05, 3.63) is 116 Å². The van der Waals surface area contributed by atoms with Crippen molar-refractivity contribution >= 4 is 50.7 Å². The molecule has 3 aliphatic carbocycles. The van der Waals surface area contributed by atoms with Crippen molar-refractivity contribution in [2.45, 2.75) is 100 Å². The van der Waals surface area contributed by atoms with Crippen molar-refractivity contribution < 1.29 is 37.8 Å². The fourth-order valence-corrected chi connectivity index (χ4v) is 11.2. The van der Waals surface area contributed by atoms with Crippen LogP contribution in [0.25, 0.3) is 0 Å². The summed E-state index contributed by atoms with van der Waals surface area (Å²) >= 11 is 1.50. The van der Waals surface area contributed by atoms with Crippen LogP contribution in [0.3, 0.4) is 0 Å². The summed E-state index contributed by atoms with van der Waals surface area (Å²) in [6.07, 6.45) is 8.45. The largest absolute Gasteiger partial charge is 0.481 e. The van der Waals surface area contributed by atoms with Gasteiger partial charge in [0.1, 0.15) is 0 Å². The maximum Gasteiger partial charge on any atom is 0.335 e. The zero-order valence-electron chi connectivity index (χ0n) is 30.0. The van der Waals surface area contributed by atoms with Crippen LogP contribution < -0.4 is 5.32 Å². The number of carboxylic acid groups (broad SMARTS) is 2. The van der Waals surface area contributed by atoms with Crippen molar-refractivity contribution in [2.24, 2.45) is 5.92 Å². The van der Waals surface area contributed by atoms with Crippen LogP contribution in [0.1, 0.15) is 109 Å². The molecule has 0 radical (unpaired) electrons. The number of nitrogens with zero attached hydrogens (tertiary/aromatic N) is 1. The highest BCUT2D eigenvalue weighted by Gasteiger charge is 2.44. The van der Waals surface area contributed by atoms with Crippen LogP contribution in [0.4, 0.5) is 5.69 Å². The molecule has 2 fully saturated rings. The van der Waals surface area contributed by atoms with Crippen molar-refractivity contribution in [1.29, 1.82) is 0 Å². The first-order valence-electron chi connectivity index (χ1n) is 18.7. The zero-order chi connectivity index (χ0) is 38.0. The average molecular weight is 769 g/mol. The topological polar surface area (TPSA) is 158 Å². The molecule has 10 nitrogen and oxygen atoms in total. The SMILES string of the molecule is O=C(O)c1ccc(CCc2ccc(NC(=O)c3c(CC(=O)c4cccc(S(=O)(=O)N(C5CCC(C(=O)O)CC5)C5CC5)c4)sc4c3CCCC4)cc2)cc1. The van der Waals surface area contributed by atoms with Gasteiger partial charge >= 0.3 is 11.9 Å². The molecule has 0 saturated heterocycles. The van der Waals surface area contributed by atoms with Crippen LogP contribution in [-0.2, 0) is 46.9 Å². The fourth-order valence-electron chi connectivity index (χ4n) is 7.86. The van der Waals surface area contributed by atoms with Crippen LogP contribution in [0, 0.1) is 5.92 Å². The third-order valence-corrected chi connectivity index (χ3v) is 14.2. The summed E-state index contributed by atoms with van der Waals surface area (Å²) in [5.74, 6) is -2.76. The molecule has 7 rings (SSSR count). The number of sulfonamides is 1. The van der Waals surface area contributed by atoms with Gasteiger partial charge in [-0.2, -0.15) is 4.31 Å². The summed E-state index contributed by atoms with van der Waals surface area (Å²) in [6, 6.07) is 20.3. The minimum Gasteiger partial charge on any atom is -0.481 e. The van der Waals surface area contributed by atoms with E-state index in [-0.39, 0.29) is 46.2 Å². The molecule has 3 N–H and O–H groups in total. The molecule has 282 valence electrons. The van der Waals surface area contributed by atoms with Crippen LogP contribution in [0.2, 0.25) is 0 Å². The molecular weight excluding hydrogens is 725 g/mol. The molecular formula is C42H44N2O8S2. The Morgan fingerprint density at radius 2 is 1.37 bits per heavy atom.